The molecule has 1 aromatic carbocycles. The van der Waals surface area contributed by atoms with Crippen LogP contribution in [-0.4, -0.2) is 19.2 Å². The van der Waals surface area contributed by atoms with Gasteiger partial charge in [-0.1, -0.05) is 11.6 Å². The van der Waals surface area contributed by atoms with E-state index in [1.807, 2.05) is 24.3 Å². The molecule has 3 nitrogen and oxygen atoms in total. The highest BCUT2D eigenvalue weighted by Crippen LogP contribution is 2.27. The molecule has 1 aromatic heterocycles. The van der Waals surface area contributed by atoms with Crippen molar-refractivity contribution in [2.24, 2.45) is 0 Å². The number of fused-ring (bicyclic) bond motifs is 1. The second-order valence-corrected chi connectivity index (χ2v) is 3.82. The lowest BCUT2D eigenvalue weighted by Gasteiger charge is -2.06. The van der Waals surface area contributed by atoms with Crippen LogP contribution in [0.15, 0.2) is 24.3 Å². The second-order valence-electron chi connectivity index (χ2n) is 3.41. The van der Waals surface area contributed by atoms with E-state index in [0.29, 0.717) is 11.6 Å². The smallest absolute Gasteiger partial charge is 0.119 e. The summed E-state index contributed by atoms with van der Waals surface area (Å²) in [6.07, 6.45) is 0. The van der Waals surface area contributed by atoms with Crippen molar-refractivity contribution in [1.29, 1.82) is 0 Å². The maximum absolute atomic E-state index is 6.18. The minimum absolute atomic E-state index is 0.460. The van der Waals surface area contributed by atoms with Crippen molar-refractivity contribution in [3.05, 3.63) is 35.0 Å². The topological polar surface area (TPSA) is 31.4 Å². The standard InChI is InChI=1S/C12H12ClNO2/c1-15-7-8-5-11(13)10-6-9(16-2)3-4-12(10)14-8/h3-6H,7H2,1-2H3. The summed E-state index contributed by atoms with van der Waals surface area (Å²) in [7, 11) is 3.26. The Hall–Kier alpha value is -1.32. The van der Waals surface area contributed by atoms with E-state index in [9.17, 15) is 0 Å². The number of nitrogens with zero attached hydrogens (tertiary/aromatic N) is 1. The summed E-state index contributed by atoms with van der Waals surface area (Å²) in [6, 6.07) is 7.44. The van der Waals surface area contributed by atoms with Gasteiger partial charge in [0.1, 0.15) is 5.75 Å². The number of hydrogen-bond donors (Lipinski definition) is 0. The summed E-state index contributed by atoms with van der Waals surface area (Å²) in [5.41, 5.74) is 1.67. The molecule has 0 saturated heterocycles. The van der Waals surface area contributed by atoms with Crippen molar-refractivity contribution in [2.75, 3.05) is 14.2 Å². The van der Waals surface area contributed by atoms with Gasteiger partial charge in [0.05, 0.1) is 29.9 Å². The Morgan fingerprint density at radius 1 is 1.25 bits per heavy atom. The average Bonchev–Trinajstić information content (AvgIpc) is 2.29. The fourth-order valence-corrected chi connectivity index (χ4v) is 1.84. The number of benzene rings is 1. The predicted octanol–water partition coefficient (Wildman–Crippen LogP) is 3.04. The van der Waals surface area contributed by atoms with Crippen LogP contribution in [0.2, 0.25) is 5.02 Å². The van der Waals surface area contributed by atoms with Gasteiger partial charge in [-0.2, -0.15) is 0 Å². The Balaban J connectivity index is 2.57. The van der Waals surface area contributed by atoms with Gasteiger partial charge < -0.3 is 9.47 Å². The van der Waals surface area contributed by atoms with E-state index in [-0.39, 0.29) is 0 Å². The number of ether oxygens (including phenoxy) is 2. The number of hydrogen-bond acceptors (Lipinski definition) is 3. The molecule has 84 valence electrons. The summed E-state index contributed by atoms with van der Waals surface area (Å²) >= 11 is 6.18. The van der Waals surface area contributed by atoms with E-state index in [0.717, 1.165) is 22.3 Å². The van der Waals surface area contributed by atoms with Crippen molar-refractivity contribution in [3.8, 4) is 5.75 Å². The fourth-order valence-electron chi connectivity index (χ4n) is 1.56. The van der Waals surface area contributed by atoms with E-state index >= 15 is 0 Å². The molecule has 1 heterocycles. The molecule has 4 heteroatoms. The third-order valence-electron chi connectivity index (χ3n) is 2.31. The quantitative estimate of drug-likeness (QED) is 0.822. The number of pyridine rings is 1. The van der Waals surface area contributed by atoms with Crippen LogP contribution >= 0.6 is 11.6 Å². The number of methoxy groups -OCH3 is 2. The molecule has 2 rings (SSSR count). The molecule has 0 bridgehead atoms. The van der Waals surface area contributed by atoms with Gasteiger partial charge >= 0.3 is 0 Å². The number of aromatic nitrogens is 1. The summed E-state index contributed by atoms with van der Waals surface area (Å²) in [5.74, 6) is 0.774. The number of halogens is 1. The first-order valence-corrected chi connectivity index (χ1v) is 5.24. The van der Waals surface area contributed by atoms with Crippen molar-refractivity contribution < 1.29 is 9.47 Å². The van der Waals surface area contributed by atoms with E-state index in [2.05, 4.69) is 4.98 Å². The Kier molecular flexibility index (Phi) is 3.27. The lowest BCUT2D eigenvalue weighted by molar-refractivity contribution is 0.182. The molecule has 0 radical (unpaired) electrons. The molecular weight excluding hydrogens is 226 g/mol. The van der Waals surface area contributed by atoms with Gasteiger partial charge in [0.2, 0.25) is 0 Å². The zero-order valence-corrected chi connectivity index (χ0v) is 9.91. The second kappa shape index (κ2) is 4.68. The minimum atomic E-state index is 0.460. The molecule has 0 saturated carbocycles. The zero-order chi connectivity index (χ0) is 11.5. The van der Waals surface area contributed by atoms with Crippen LogP contribution in [0, 0.1) is 0 Å². The molecule has 0 spiro atoms. The molecular formula is C12H12ClNO2. The summed E-state index contributed by atoms with van der Waals surface area (Å²) in [4.78, 5) is 4.44. The molecule has 0 fully saturated rings. The van der Waals surface area contributed by atoms with Gasteiger partial charge in [0.15, 0.2) is 0 Å². The molecule has 2 aromatic rings. The maximum atomic E-state index is 6.18. The largest absolute Gasteiger partial charge is 0.497 e. The molecule has 0 amide bonds. The van der Waals surface area contributed by atoms with Crippen LogP contribution in [0.25, 0.3) is 10.9 Å². The third-order valence-corrected chi connectivity index (χ3v) is 2.62. The Bertz CT molecular complexity index is 514. The molecule has 0 aliphatic carbocycles. The molecule has 0 aliphatic heterocycles. The van der Waals surface area contributed by atoms with Crippen LogP contribution in [0.4, 0.5) is 0 Å². The highest BCUT2D eigenvalue weighted by molar-refractivity contribution is 6.35. The molecule has 0 N–H and O–H groups in total. The van der Waals surface area contributed by atoms with Gasteiger partial charge in [-0.3, -0.25) is 4.98 Å². The highest BCUT2D eigenvalue weighted by atomic mass is 35.5. The lowest BCUT2D eigenvalue weighted by Crippen LogP contribution is -1.93. The first kappa shape index (κ1) is 11.2. The lowest BCUT2D eigenvalue weighted by atomic mass is 10.2. The highest BCUT2D eigenvalue weighted by Gasteiger charge is 2.05. The van der Waals surface area contributed by atoms with Gasteiger partial charge in [0.25, 0.3) is 0 Å². The van der Waals surface area contributed by atoms with Crippen LogP contribution < -0.4 is 4.74 Å². The fraction of sp³-hybridized carbons (Fsp3) is 0.250. The third kappa shape index (κ3) is 2.10. The van der Waals surface area contributed by atoms with Crippen molar-refractivity contribution in [1.82, 2.24) is 4.98 Å². The van der Waals surface area contributed by atoms with Crippen LogP contribution in [0.3, 0.4) is 0 Å². The maximum Gasteiger partial charge on any atom is 0.119 e. The Morgan fingerprint density at radius 2 is 2.06 bits per heavy atom. The zero-order valence-electron chi connectivity index (χ0n) is 9.16. The average molecular weight is 238 g/mol. The van der Waals surface area contributed by atoms with Crippen LogP contribution in [-0.2, 0) is 11.3 Å². The van der Waals surface area contributed by atoms with E-state index in [4.69, 9.17) is 21.1 Å². The summed E-state index contributed by atoms with van der Waals surface area (Å²) in [6.45, 7) is 0.460. The Morgan fingerprint density at radius 3 is 2.75 bits per heavy atom. The molecule has 16 heavy (non-hydrogen) atoms. The van der Waals surface area contributed by atoms with Gasteiger partial charge in [-0.25, -0.2) is 0 Å². The van der Waals surface area contributed by atoms with Crippen LogP contribution in [0.1, 0.15) is 5.69 Å². The minimum Gasteiger partial charge on any atom is -0.497 e. The van der Waals surface area contributed by atoms with Crippen molar-refractivity contribution in [2.45, 2.75) is 6.61 Å². The monoisotopic (exact) mass is 237 g/mol. The van der Waals surface area contributed by atoms with E-state index < -0.39 is 0 Å². The predicted molar refractivity (Wildman–Crippen MR) is 64.0 cm³/mol. The normalized spacial score (nSPS) is 10.7. The summed E-state index contributed by atoms with van der Waals surface area (Å²) in [5, 5.41) is 1.55. The Labute approximate surface area is 99.0 Å². The van der Waals surface area contributed by atoms with Crippen molar-refractivity contribution >= 4 is 22.5 Å². The van der Waals surface area contributed by atoms with E-state index in [1.54, 1.807) is 14.2 Å². The van der Waals surface area contributed by atoms with Gasteiger partial charge in [-0.05, 0) is 24.3 Å². The summed E-state index contributed by atoms with van der Waals surface area (Å²) < 4.78 is 10.2. The van der Waals surface area contributed by atoms with Gasteiger partial charge in [0, 0.05) is 12.5 Å². The van der Waals surface area contributed by atoms with E-state index in [1.165, 1.54) is 0 Å². The first-order valence-electron chi connectivity index (χ1n) is 4.86. The molecule has 0 aliphatic rings. The SMILES string of the molecule is COCc1cc(Cl)c2cc(OC)ccc2n1. The van der Waals surface area contributed by atoms with Crippen LogP contribution in [0.5, 0.6) is 5.75 Å². The molecule has 0 unspecified atom stereocenters. The van der Waals surface area contributed by atoms with Gasteiger partial charge in [-0.15, -0.1) is 0 Å². The molecule has 0 atom stereocenters. The number of rotatable bonds is 3. The first-order chi connectivity index (χ1) is 7.74. The van der Waals surface area contributed by atoms with Crippen molar-refractivity contribution in [3.63, 3.8) is 0 Å².